The maximum Gasteiger partial charge on any atom is 0.243 e. The Labute approximate surface area is 174 Å². The molecular formula is C18H23ClN2O5S2. The maximum atomic E-state index is 12.5. The van der Waals surface area contributed by atoms with Crippen molar-refractivity contribution in [2.24, 2.45) is 0 Å². The Balaban J connectivity index is 1.99. The summed E-state index contributed by atoms with van der Waals surface area (Å²) in [5, 5.41) is 3.03. The van der Waals surface area contributed by atoms with Gasteiger partial charge in [0.05, 0.1) is 36.1 Å². The molecule has 0 aliphatic heterocycles. The average molecular weight is 447 g/mol. The standard InChI is InChI=1S/C18H23ClN2O5S2/c1-13(18(22)20-8-10-27-12-15-5-4-9-26-15)21(28(3,23)24)14-6-7-17(25-2)16(19)11-14/h4-7,9,11,13H,8,10,12H2,1-3H3,(H,20,22)/t13-/m0/s1. The molecule has 0 saturated carbocycles. The van der Waals surface area contributed by atoms with E-state index in [0.717, 1.165) is 16.3 Å². The Hall–Kier alpha value is -1.84. The van der Waals surface area contributed by atoms with Crippen molar-refractivity contribution in [2.75, 3.05) is 30.0 Å². The van der Waals surface area contributed by atoms with Crippen LogP contribution in [0.15, 0.2) is 41.0 Å². The number of carbonyl (C=O) groups excluding carboxylic acids is 1. The Kier molecular flexibility index (Phi) is 8.09. The Morgan fingerprint density at radius 2 is 2.14 bits per heavy atom. The lowest BCUT2D eigenvalue weighted by molar-refractivity contribution is -0.121. The molecule has 1 heterocycles. The largest absolute Gasteiger partial charge is 0.495 e. The van der Waals surface area contributed by atoms with Crippen molar-refractivity contribution in [2.45, 2.75) is 18.7 Å². The average Bonchev–Trinajstić information content (AvgIpc) is 3.13. The summed E-state index contributed by atoms with van der Waals surface area (Å²) in [4.78, 5) is 12.5. The zero-order valence-electron chi connectivity index (χ0n) is 15.8. The molecule has 1 aromatic heterocycles. The summed E-state index contributed by atoms with van der Waals surface area (Å²) in [6, 6.07) is 7.35. The Morgan fingerprint density at radius 3 is 2.71 bits per heavy atom. The minimum atomic E-state index is -3.71. The van der Waals surface area contributed by atoms with Crippen molar-refractivity contribution in [3.63, 3.8) is 0 Å². The van der Waals surface area contributed by atoms with E-state index in [1.807, 2.05) is 12.1 Å². The normalized spacial score (nSPS) is 12.4. The van der Waals surface area contributed by atoms with Crippen LogP contribution in [0.3, 0.4) is 0 Å². The number of anilines is 1. The van der Waals surface area contributed by atoms with Crippen LogP contribution < -0.4 is 14.4 Å². The number of halogens is 1. The topological polar surface area (TPSA) is 88.8 Å². The van der Waals surface area contributed by atoms with Crippen molar-refractivity contribution in [3.05, 3.63) is 47.4 Å². The van der Waals surface area contributed by atoms with E-state index in [1.54, 1.807) is 30.2 Å². The van der Waals surface area contributed by atoms with Crippen LogP contribution in [-0.4, -0.2) is 46.0 Å². The first-order valence-corrected chi connectivity index (χ1v) is 11.8. The van der Waals surface area contributed by atoms with E-state index in [0.29, 0.717) is 29.5 Å². The SMILES string of the molecule is COc1ccc(N([C@@H](C)C(=O)NCCSCc2ccco2)S(C)(=O)=O)cc1Cl. The predicted molar refractivity (Wildman–Crippen MR) is 113 cm³/mol. The zero-order chi connectivity index (χ0) is 20.7. The van der Waals surface area contributed by atoms with Crippen LogP contribution in [-0.2, 0) is 20.6 Å². The van der Waals surface area contributed by atoms with E-state index in [9.17, 15) is 13.2 Å². The summed E-state index contributed by atoms with van der Waals surface area (Å²) < 4.78 is 36.0. The highest BCUT2D eigenvalue weighted by atomic mass is 35.5. The van der Waals surface area contributed by atoms with Crippen molar-refractivity contribution in [1.82, 2.24) is 5.32 Å². The summed E-state index contributed by atoms with van der Waals surface area (Å²) in [5.41, 5.74) is 0.295. The molecule has 0 spiro atoms. The third-order valence-corrected chi connectivity index (χ3v) is 6.37. The molecule has 0 aliphatic rings. The van der Waals surface area contributed by atoms with Crippen LogP contribution in [0.25, 0.3) is 0 Å². The third-order valence-electron chi connectivity index (χ3n) is 3.85. The molecule has 0 bridgehead atoms. The predicted octanol–water partition coefficient (Wildman–Crippen LogP) is 3.15. The second-order valence-electron chi connectivity index (χ2n) is 5.98. The number of amides is 1. The lowest BCUT2D eigenvalue weighted by atomic mass is 10.2. The number of hydrogen-bond acceptors (Lipinski definition) is 6. The third kappa shape index (κ3) is 6.08. The fraction of sp³-hybridized carbons (Fsp3) is 0.389. The first-order valence-electron chi connectivity index (χ1n) is 8.45. The summed E-state index contributed by atoms with van der Waals surface area (Å²) >= 11 is 7.72. The van der Waals surface area contributed by atoms with Gasteiger partial charge in [-0.25, -0.2) is 8.42 Å². The van der Waals surface area contributed by atoms with Gasteiger partial charge in [0.1, 0.15) is 17.6 Å². The van der Waals surface area contributed by atoms with Gasteiger partial charge in [0.15, 0.2) is 0 Å². The first-order chi connectivity index (χ1) is 13.2. The van der Waals surface area contributed by atoms with Crippen LogP contribution in [0.4, 0.5) is 5.69 Å². The van der Waals surface area contributed by atoms with Crippen molar-refractivity contribution in [1.29, 1.82) is 0 Å². The van der Waals surface area contributed by atoms with Crippen LogP contribution in [0.5, 0.6) is 5.75 Å². The van der Waals surface area contributed by atoms with Crippen LogP contribution >= 0.6 is 23.4 Å². The number of ether oxygens (including phenoxy) is 1. The fourth-order valence-corrected chi connectivity index (χ4v) is 4.74. The van der Waals surface area contributed by atoms with Gasteiger partial charge >= 0.3 is 0 Å². The molecule has 1 N–H and O–H groups in total. The molecule has 0 saturated heterocycles. The highest BCUT2D eigenvalue weighted by molar-refractivity contribution is 7.98. The molecule has 0 aliphatic carbocycles. The molecule has 7 nitrogen and oxygen atoms in total. The van der Waals surface area contributed by atoms with Crippen LogP contribution in [0.1, 0.15) is 12.7 Å². The molecule has 2 rings (SSSR count). The summed E-state index contributed by atoms with van der Waals surface area (Å²) in [7, 11) is -2.24. The number of benzene rings is 1. The van der Waals surface area contributed by atoms with E-state index < -0.39 is 22.0 Å². The Bertz CT molecular complexity index is 887. The summed E-state index contributed by atoms with van der Waals surface area (Å²) in [5.74, 6) is 2.27. The molecule has 1 atom stereocenters. The van der Waals surface area contributed by atoms with Gasteiger partial charge in [-0.1, -0.05) is 11.6 Å². The summed E-state index contributed by atoms with van der Waals surface area (Å²) in [6.45, 7) is 1.94. The molecule has 2 aromatic rings. The molecule has 0 fully saturated rings. The lowest BCUT2D eigenvalue weighted by Gasteiger charge is -2.28. The number of carbonyl (C=O) groups is 1. The fourth-order valence-electron chi connectivity index (χ4n) is 2.56. The first kappa shape index (κ1) is 22.4. The summed E-state index contributed by atoms with van der Waals surface area (Å²) in [6.07, 6.45) is 2.67. The van der Waals surface area contributed by atoms with Gasteiger partial charge in [-0.2, -0.15) is 11.8 Å². The molecule has 154 valence electrons. The zero-order valence-corrected chi connectivity index (χ0v) is 18.2. The van der Waals surface area contributed by atoms with Gasteiger partial charge in [0, 0.05) is 12.3 Å². The maximum absolute atomic E-state index is 12.5. The highest BCUT2D eigenvalue weighted by Crippen LogP contribution is 2.31. The van der Waals surface area contributed by atoms with Crippen LogP contribution in [0.2, 0.25) is 5.02 Å². The second-order valence-corrected chi connectivity index (χ2v) is 9.35. The van der Waals surface area contributed by atoms with Crippen molar-refractivity contribution in [3.8, 4) is 5.75 Å². The molecule has 1 aromatic carbocycles. The number of nitrogens with zero attached hydrogens (tertiary/aromatic N) is 1. The molecular weight excluding hydrogens is 424 g/mol. The second kappa shape index (κ2) is 10.1. The Morgan fingerprint density at radius 1 is 1.39 bits per heavy atom. The number of methoxy groups -OCH3 is 1. The quantitative estimate of drug-likeness (QED) is 0.564. The highest BCUT2D eigenvalue weighted by Gasteiger charge is 2.29. The van der Waals surface area contributed by atoms with Gasteiger partial charge in [-0.3, -0.25) is 9.10 Å². The minimum Gasteiger partial charge on any atom is -0.495 e. The van der Waals surface area contributed by atoms with Crippen molar-refractivity contribution < 1.29 is 22.4 Å². The van der Waals surface area contributed by atoms with E-state index in [4.69, 9.17) is 20.8 Å². The van der Waals surface area contributed by atoms with Gasteiger partial charge < -0.3 is 14.5 Å². The molecule has 28 heavy (non-hydrogen) atoms. The molecule has 0 radical (unpaired) electrons. The van der Waals surface area contributed by atoms with E-state index in [-0.39, 0.29) is 5.02 Å². The number of sulfonamides is 1. The van der Waals surface area contributed by atoms with Gasteiger partial charge in [0.2, 0.25) is 15.9 Å². The molecule has 1 amide bonds. The minimum absolute atomic E-state index is 0.260. The van der Waals surface area contributed by atoms with E-state index in [1.165, 1.54) is 20.1 Å². The van der Waals surface area contributed by atoms with E-state index in [2.05, 4.69) is 5.32 Å². The van der Waals surface area contributed by atoms with Crippen molar-refractivity contribution >= 4 is 45.0 Å². The number of thioether (sulfide) groups is 1. The number of nitrogens with one attached hydrogen (secondary N) is 1. The van der Waals surface area contributed by atoms with Crippen LogP contribution in [0, 0.1) is 0 Å². The number of furan rings is 1. The van der Waals surface area contributed by atoms with Gasteiger partial charge in [-0.05, 0) is 37.3 Å². The molecule has 0 unspecified atom stereocenters. The number of rotatable bonds is 10. The monoisotopic (exact) mass is 446 g/mol. The van der Waals surface area contributed by atoms with Gasteiger partial charge in [-0.15, -0.1) is 0 Å². The molecule has 10 heteroatoms. The van der Waals surface area contributed by atoms with Gasteiger partial charge in [0.25, 0.3) is 0 Å². The van der Waals surface area contributed by atoms with E-state index >= 15 is 0 Å². The number of hydrogen-bond donors (Lipinski definition) is 1. The lowest BCUT2D eigenvalue weighted by Crippen LogP contribution is -2.48. The smallest absolute Gasteiger partial charge is 0.243 e.